The van der Waals surface area contributed by atoms with Crippen molar-refractivity contribution in [1.82, 2.24) is 4.90 Å². The Morgan fingerprint density at radius 2 is 2.14 bits per heavy atom. The highest BCUT2D eigenvalue weighted by molar-refractivity contribution is 5.92. The Kier molecular flexibility index (Phi) is 5.59. The van der Waals surface area contributed by atoms with E-state index in [-0.39, 0.29) is 5.91 Å². The lowest BCUT2D eigenvalue weighted by Gasteiger charge is -2.20. The highest BCUT2D eigenvalue weighted by atomic mass is 16.5. The zero-order valence-electron chi connectivity index (χ0n) is 12.8. The van der Waals surface area contributed by atoms with Crippen molar-refractivity contribution < 1.29 is 9.53 Å². The molecule has 5 heteroatoms. The molecule has 0 saturated carbocycles. The number of benzene rings is 1. The molecule has 0 spiro atoms. The van der Waals surface area contributed by atoms with Crippen LogP contribution >= 0.6 is 0 Å². The predicted molar refractivity (Wildman–Crippen MR) is 84.4 cm³/mol. The Balaban J connectivity index is 1.84. The van der Waals surface area contributed by atoms with Crippen molar-refractivity contribution in [3.8, 4) is 5.75 Å². The summed E-state index contributed by atoms with van der Waals surface area (Å²) in [6, 6.07) is 7.87. The molecule has 1 aromatic carbocycles. The summed E-state index contributed by atoms with van der Waals surface area (Å²) < 4.78 is 5.38. The van der Waals surface area contributed by atoms with E-state index >= 15 is 0 Å². The molecule has 1 heterocycles. The van der Waals surface area contributed by atoms with Crippen LogP contribution in [0.2, 0.25) is 0 Å². The van der Waals surface area contributed by atoms with Crippen molar-refractivity contribution in [2.24, 2.45) is 11.7 Å². The fraction of sp³-hybridized carbons (Fsp3) is 0.562. The monoisotopic (exact) mass is 291 g/mol. The van der Waals surface area contributed by atoms with Crippen LogP contribution in [-0.4, -0.2) is 43.1 Å². The molecule has 1 saturated heterocycles. The molecule has 1 aliphatic rings. The number of nitrogens with two attached hydrogens (primary N) is 1. The molecule has 3 N–H and O–H groups in total. The fourth-order valence-electron chi connectivity index (χ4n) is 2.79. The number of carbonyl (C=O) groups is 1. The summed E-state index contributed by atoms with van der Waals surface area (Å²) >= 11 is 0. The third kappa shape index (κ3) is 4.44. The first-order valence-corrected chi connectivity index (χ1v) is 7.59. The summed E-state index contributed by atoms with van der Waals surface area (Å²) in [5.41, 5.74) is 6.51. The highest BCUT2D eigenvalue weighted by Crippen LogP contribution is 2.22. The molecule has 1 fully saturated rings. The summed E-state index contributed by atoms with van der Waals surface area (Å²) in [6.45, 7) is 6.77. The van der Waals surface area contributed by atoms with Crippen LogP contribution in [0.15, 0.2) is 24.3 Å². The first-order chi connectivity index (χ1) is 10.1. The zero-order valence-corrected chi connectivity index (χ0v) is 12.8. The van der Waals surface area contributed by atoms with Gasteiger partial charge in [-0.2, -0.15) is 0 Å². The number of likely N-dealkylation sites (tertiary alicyclic amines) is 1. The van der Waals surface area contributed by atoms with Gasteiger partial charge in [-0.25, -0.2) is 0 Å². The minimum Gasteiger partial charge on any atom is -0.494 e. The lowest BCUT2D eigenvalue weighted by molar-refractivity contribution is -0.117. The van der Waals surface area contributed by atoms with Crippen LogP contribution in [0.25, 0.3) is 0 Å². The molecule has 0 aliphatic carbocycles. The predicted octanol–water partition coefficient (Wildman–Crippen LogP) is 1.69. The van der Waals surface area contributed by atoms with Crippen LogP contribution in [-0.2, 0) is 4.79 Å². The van der Waals surface area contributed by atoms with E-state index in [4.69, 9.17) is 10.5 Å². The molecule has 116 valence electrons. The Bertz CT molecular complexity index is 461. The largest absolute Gasteiger partial charge is 0.494 e. The highest BCUT2D eigenvalue weighted by Gasteiger charge is 2.29. The number of hydrogen-bond donors (Lipinski definition) is 2. The van der Waals surface area contributed by atoms with E-state index < -0.39 is 0 Å². The minimum atomic E-state index is 0.0173. The summed E-state index contributed by atoms with van der Waals surface area (Å²) in [5, 5.41) is 2.92. The number of rotatable bonds is 6. The fourth-order valence-corrected chi connectivity index (χ4v) is 2.79. The number of carbonyl (C=O) groups excluding carboxylic acids is 1. The van der Waals surface area contributed by atoms with Crippen LogP contribution < -0.4 is 15.8 Å². The molecule has 2 rings (SSSR count). The van der Waals surface area contributed by atoms with Gasteiger partial charge in [0.15, 0.2) is 0 Å². The summed E-state index contributed by atoms with van der Waals surface area (Å²) in [4.78, 5) is 14.3. The Labute approximate surface area is 126 Å². The Morgan fingerprint density at radius 3 is 2.71 bits per heavy atom. The van der Waals surface area contributed by atoms with Gasteiger partial charge >= 0.3 is 0 Å². The second kappa shape index (κ2) is 7.43. The first-order valence-electron chi connectivity index (χ1n) is 7.59. The van der Waals surface area contributed by atoms with E-state index in [1.807, 2.05) is 31.2 Å². The summed E-state index contributed by atoms with van der Waals surface area (Å²) in [7, 11) is 0. The molecule has 5 nitrogen and oxygen atoms in total. The topological polar surface area (TPSA) is 67.6 Å². The number of nitrogens with one attached hydrogen (secondary N) is 1. The molecule has 0 bridgehead atoms. The molecule has 1 aliphatic heterocycles. The molecule has 2 atom stereocenters. The van der Waals surface area contributed by atoms with Gasteiger partial charge in [-0.05, 0) is 57.0 Å². The Hall–Kier alpha value is -1.59. The number of hydrogen-bond acceptors (Lipinski definition) is 4. The maximum atomic E-state index is 12.1. The van der Waals surface area contributed by atoms with Gasteiger partial charge in [-0.15, -0.1) is 0 Å². The van der Waals surface area contributed by atoms with Gasteiger partial charge in [0.2, 0.25) is 5.91 Å². The average Bonchev–Trinajstić information content (AvgIpc) is 2.82. The van der Waals surface area contributed by atoms with Gasteiger partial charge in [0.25, 0.3) is 0 Å². The smallest absolute Gasteiger partial charge is 0.238 e. The van der Waals surface area contributed by atoms with Crippen molar-refractivity contribution in [2.75, 3.05) is 31.6 Å². The number of anilines is 1. The SMILES string of the molecule is CCOc1ccc(NC(=O)CN2CC(CN)CC2C)cc1. The van der Waals surface area contributed by atoms with Crippen LogP contribution in [0.1, 0.15) is 20.3 Å². The first kappa shape index (κ1) is 15.8. The third-order valence-electron chi connectivity index (χ3n) is 3.92. The summed E-state index contributed by atoms with van der Waals surface area (Å²) in [6.07, 6.45) is 1.08. The number of ether oxygens (including phenoxy) is 1. The lowest BCUT2D eigenvalue weighted by atomic mass is 10.1. The molecule has 2 unspecified atom stereocenters. The van der Waals surface area contributed by atoms with Crippen molar-refractivity contribution in [3.05, 3.63) is 24.3 Å². The number of amides is 1. The van der Waals surface area contributed by atoms with Gasteiger partial charge < -0.3 is 15.8 Å². The van der Waals surface area contributed by atoms with Gasteiger partial charge in [0.05, 0.1) is 13.2 Å². The van der Waals surface area contributed by atoms with Gasteiger partial charge in [0, 0.05) is 18.3 Å². The number of nitrogens with zero attached hydrogens (tertiary/aromatic N) is 1. The van der Waals surface area contributed by atoms with Crippen LogP contribution in [0.4, 0.5) is 5.69 Å². The third-order valence-corrected chi connectivity index (χ3v) is 3.92. The second-order valence-corrected chi connectivity index (χ2v) is 5.62. The van der Waals surface area contributed by atoms with E-state index in [2.05, 4.69) is 17.1 Å². The molecule has 0 aromatic heterocycles. The normalized spacial score (nSPS) is 22.2. The zero-order chi connectivity index (χ0) is 15.2. The Morgan fingerprint density at radius 1 is 1.43 bits per heavy atom. The molecular weight excluding hydrogens is 266 g/mol. The molecule has 1 amide bonds. The molecule has 0 radical (unpaired) electrons. The maximum Gasteiger partial charge on any atom is 0.238 e. The summed E-state index contributed by atoms with van der Waals surface area (Å²) in [5.74, 6) is 1.34. The molecule has 21 heavy (non-hydrogen) atoms. The van der Waals surface area contributed by atoms with Gasteiger partial charge in [-0.3, -0.25) is 9.69 Å². The minimum absolute atomic E-state index is 0.0173. The van der Waals surface area contributed by atoms with Crippen molar-refractivity contribution in [3.63, 3.8) is 0 Å². The van der Waals surface area contributed by atoms with E-state index in [0.717, 1.165) is 24.4 Å². The molecule has 1 aromatic rings. The van der Waals surface area contributed by atoms with E-state index in [1.54, 1.807) is 0 Å². The van der Waals surface area contributed by atoms with Crippen molar-refractivity contribution >= 4 is 11.6 Å². The molecular formula is C16H25N3O2. The van der Waals surface area contributed by atoms with Crippen LogP contribution in [0.5, 0.6) is 5.75 Å². The van der Waals surface area contributed by atoms with Crippen molar-refractivity contribution in [2.45, 2.75) is 26.3 Å². The van der Waals surface area contributed by atoms with Crippen molar-refractivity contribution in [1.29, 1.82) is 0 Å². The van der Waals surface area contributed by atoms with Gasteiger partial charge in [0.1, 0.15) is 5.75 Å². The van der Waals surface area contributed by atoms with E-state index in [0.29, 0.717) is 31.7 Å². The average molecular weight is 291 g/mol. The lowest BCUT2D eigenvalue weighted by Crippen LogP contribution is -2.35. The van der Waals surface area contributed by atoms with Crippen LogP contribution in [0.3, 0.4) is 0 Å². The second-order valence-electron chi connectivity index (χ2n) is 5.62. The van der Waals surface area contributed by atoms with Gasteiger partial charge in [-0.1, -0.05) is 0 Å². The van der Waals surface area contributed by atoms with E-state index in [1.165, 1.54) is 0 Å². The maximum absolute atomic E-state index is 12.1. The van der Waals surface area contributed by atoms with Crippen LogP contribution in [0, 0.1) is 5.92 Å². The van der Waals surface area contributed by atoms with E-state index in [9.17, 15) is 4.79 Å². The quantitative estimate of drug-likeness (QED) is 0.837. The standard InChI is InChI=1S/C16H25N3O2/c1-3-21-15-6-4-14(5-7-15)18-16(20)11-19-10-13(9-17)8-12(19)2/h4-7,12-13H,3,8-11,17H2,1-2H3,(H,18,20).